The van der Waals surface area contributed by atoms with E-state index in [1.54, 1.807) is 30.3 Å². The van der Waals surface area contributed by atoms with Crippen LogP contribution in [0.2, 0.25) is 0 Å². The summed E-state index contributed by atoms with van der Waals surface area (Å²) >= 11 is 0. The molecule has 17 heavy (non-hydrogen) atoms. The molecule has 0 aliphatic carbocycles. The molecule has 2 aromatic rings. The molecule has 1 aromatic carbocycles. The lowest BCUT2D eigenvalue weighted by Crippen LogP contribution is -2.01. The van der Waals surface area contributed by atoms with E-state index in [1.165, 1.54) is 18.3 Å². The molecular weight excluding hydrogens is 240 g/mol. The number of pyridine rings is 1. The summed E-state index contributed by atoms with van der Waals surface area (Å²) in [7, 11) is -1.63. The number of hydrogen-bond acceptors (Lipinski definition) is 4. The molecule has 1 aromatic heterocycles. The minimum atomic E-state index is -1.63. The smallest absolute Gasteiger partial charge is 0.258 e. The van der Waals surface area contributed by atoms with Gasteiger partial charge in [0.15, 0.2) is 0 Å². The highest BCUT2D eigenvalue weighted by Crippen LogP contribution is 2.23. The molecule has 0 fully saturated rings. The number of nitrogens with zero attached hydrogens (tertiary/aromatic N) is 2. The molecule has 1 heterocycles. The number of benzene rings is 1. The van der Waals surface area contributed by atoms with Gasteiger partial charge in [-0.1, -0.05) is 18.2 Å². The van der Waals surface area contributed by atoms with Gasteiger partial charge in [0.05, 0.1) is 4.92 Å². The third-order valence-corrected chi connectivity index (χ3v) is 3.45. The first-order valence-electron chi connectivity index (χ1n) is 4.76. The Bertz CT molecular complexity index is 572. The Hall–Kier alpha value is -2.08. The van der Waals surface area contributed by atoms with Gasteiger partial charge in [0, 0.05) is 17.2 Å². The van der Waals surface area contributed by atoms with Crippen LogP contribution in [0.3, 0.4) is 0 Å². The summed E-state index contributed by atoms with van der Waals surface area (Å²) in [5.74, 6) is 0. The fourth-order valence-electron chi connectivity index (χ4n) is 1.32. The van der Waals surface area contributed by atoms with Gasteiger partial charge < -0.3 is 0 Å². The van der Waals surface area contributed by atoms with Gasteiger partial charge in [0.25, 0.3) is 0 Å². The van der Waals surface area contributed by atoms with Gasteiger partial charge in [0.2, 0.25) is 5.03 Å². The zero-order chi connectivity index (χ0) is 12.3. The van der Waals surface area contributed by atoms with Crippen LogP contribution in [0, 0.1) is 10.1 Å². The van der Waals surface area contributed by atoms with Crippen molar-refractivity contribution in [3.8, 4) is 0 Å². The Morgan fingerprint density at radius 1 is 1.12 bits per heavy atom. The van der Waals surface area contributed by atoms with Gasteiger partial charge >= 0.3 is 5.69 Å². The summed E-state index contributed by atoms with van der Waals surface area (Å²) < 4.78 is 12.1. The van der Waals surface area contributed by atoms with E-state index in [0.29, 0.717) is 4.90 Å². The second-order valence-corrected chi connectivity index (χ2v) is 4.56. The molecule has 5 nitrogen and oxygen atoms in total. The van der Waals surface area contributed by atoms with Crippen LogP contribution in [-0.2, 0) is 10.8 Å². The van der Waals surface area contributed by atoms with Gasteiger partial charge in [0.1, 0.15) is 10.8 Å². The van der Waals surface area contributed by atoms with E-state index in [-0.39, 0.29) is 10.7 Å². The van der Waals surface area contributed by atoms with Crippen LogP contribution in [0.5, 0.6) is 0 Å². The molecule has 2 rings (SSSR count). The predicted octanol–water partition coefficient (Wildman–Crippen LogP) is 2.16. The molecule has 0 N–H and O–H groups in total. The Morgan fingerprint density at radius 2 is 1.82 bits per heavy atom. The van der Waals surface area contributed by atoms with Crippen LogP contribution in [0.4, 0.5) is 5.69 Å². The second-order valence-electron chi connectivity index (χ2n) is 3.17. The van der Waals surface area contributed by atoms with Crippen LogP contribution < -0.4 is 0 Å². The zero-order valence-electron chi connectivity index (χ0n) is 8.65. The van der Waals surface area contributed by atoms with E-state index in [1.807, 2.05) is 0 Å². The molecule has 0 aliphatic rings. The monoisotopic (exact) mass is 248 g/mol. The van der Waals surface area contributed by atoms with Gasteiger partial charge in [-0.25, -0.2) is 9.19 Å². The number of hydrogen-bond donors (Lipinski definition) is 0. The summed E-state index contributed by atoms with van der Waals surface area (Å²) in [5, 5.41) is 10.8. The van der Waals surface area contributed by atoms with Gasteiger partial charge in [-0.15, -0.1) is 0 Å². The summed E-state index contributed by atoms with van der Waals surface area (Å²) in [6.07, 6.45) is 1.39. The van der Waals surface area contributed by atoms with Crippen molar-refractivity contribution in [1.82, 2.24) is 4.98 Å². The molecule has 0 amide bonds. The van der Waals surface area contributed by atoms with Crippen molar-refractivity contribution in [3.63, 3.8) is 0 Å². The molecule has 0 bridgehead atoms. The van der Waals surface area contributed by atoms with Gasteiger partial charge in [-0.05, 0) is 18.2 Å². The van der Waals surface area contributed by atoms with E-state index >= 15 is 0 Å². The quantitative estimate of drug-likeness (QED) is 0.616. The van der Waals surface area contributed by atoms with Crippen molar-refractivity contribution in [2.45, 2.75) is 9.92 Å². The topological polar surface area (TPSA) is 73.1 Å². The SMILES string of the molecule is O=[N+]([O-])c1cccnc1S(=O)c1ccccc1. The highest BCUT2D eigenvalue weighted by molar-refractivity contribution is 7.85. The van der Waals surface area contributed by atoms with E-state index < -0.39 is 15.7 Å². The van der Waals surface area contributed by atoms with Gasteiger partial charge in [-0.3, -0.25) is 10.1 Å². The molecule has 0 spiro atoms. The first-order chi connectivity index (χ1) is 8.20. The molecule has 0 radical (unpaired) electrons. The maximum absolute atomic E-state index is 12.1. The van der Waals surface area contributed by atoms with E-state index in [0.717, 1.165) is 0 Å². The average Bonchev–Trinajstić information content (AvgIpc) is 2.39. The average molecular weight is 248 g/mol. The lowest BCUT2D eigenvalue weighted by atomic mass is 10.4. The number of nitro groups is 1. The Labute approximate surface area is 99.7 Å². The van der Waals surface area contributed by atoms with Crippen LogP contribution in [0.15, 0.2) is 58.6 Å². The Morgan fingerprint density at radius 3 is 2.47 bits per heavy atom. The summed E-state index contributed by atoms with van der Waals surface area (Å²) in [6.45, 7) is 0. The van der Waals surface area contributed by atoms with E-state index in [2.05, 4.69) is 4.98 Å². The fourth-order valence-corrected chi connectivity index (χ4v) is 2.44. The van der Waals surface area contributed by atoms with E-state index in [9.17, 15) is 14.3 Å². The standard InChI is InChI=1S/C11H8N2O3S/c14-13(15)10-7-4-8-12-11(10)17(16)9-5-2-1-3-6-9/h1-8H. The Balaban J connectivity index is 2.48. The van der Waals surface area contributed by atoms with Crippen molar-refractivity contribution in [2.24, 2.45) is 0 Å². The molecule has 6 heteroatoms. The number of aromatic nitrogens is 1. The summed E-state index contributed by atoms with van der Waals surface area (Å²) in [6, 6.07) is 11.3. The van der Waals surface area contributed by atoms with Crippen molar-refractivity contribution in [3.05, 3.63) is 58.8 Å². The first kappa shape index (κ1) is 11.4. The van der Waals surface area contributed by atoms with Crippen LogP contribution in [-0.4, -0.2) is 14.1 Å². The molecular formula is C11H8N2O3S. The van der Waals surface area contributed by atoms with Crippen LogP contribution >= 0.6 is 0 Å². The molecule has 1 atom stereocenters. The van der Waals surface area contributed by atoms with Crippen molar-refractivity contribution in [1.29, 1.82) is 0 Å². The lowest BCUT2D eigenvalue weighted by Gasteiger charge is -2.01. The Kier molecular flexibility index (Phi) is 3.24. The van der Waals surface area contributed by atoms with Crippen LogP contribution in [0.1, 0.15) is 0 Å². The fraction of sp³-hybridized carbons (Fsp3) is 0. The maximum Gasteiger partial charge on any atom is 0.304 e. The molecule has 0 saturated carbocycles. The molecule has 0 aliphatic heterocycles. The molecule has 0 saturated heterocycles. The maximum atomic E-state index is 12.1. The molecule has 1 unspecified atom stereocenters. The van der Waals surface area contributed by atoms with Crippen molar-refractivity contribution < 1.29 is 9.13 Å². The predicted molar refractivity (Wildman–Crippen MR) is 62.0 cm³/mol. The third-order valence-electron chi connectivity index (χ3n) is 2.08. The minimum Gasteiger partial charge on any atom is -0.258 e. The second kappa shape index (κ2) is 4.84. The highest BCUT2D eigenvalue weighted by atomic mass is 32.2. The van der Waals surface area contributed by atoms with Crippen LogP contribution in [0.25, 0.3) is 0 Å². The number of rotatable bonds is 3. The summed E-state index contributed by atoms with van der Waals surface area (Å²) in [5.41, 5.74) is -0.227. The normalized spacial score (nSPS) is 12.0. The largest absolute Gasteiger partial charge is 0.304 e. The van der Waals surface area contributed by atoms with Crippen molar-refractivity contribution >= 4 is 16.5 Å². The molecule has 86 valence electrons. The van der Waals surface area contributed by atoms with Crippen molar-refractivity contribution in [2.75, 3.05) is 0 Å². The lowest BCUT2D eigenvalue weighted by molar-refractivity contribution is -0.388. The van der Waals surface area contributed by atoms with E-state index in [4.69, 9.17) is 0 Å². The third kappa shape index (κ3) is 2.36. The van der Waals surface area contributed by atoms with Gasteiger partial charge in [-0.2, -0.15) is 0 Å². The first-order valence-corrected chi connectivity index (χ1v) is 5.91. The summed E-state index contributed by atoms with van der Waals surface area (Å²) in [4.78, 5) is 14.5. The minimum absolute atomic E-state index is 0.0244. The zero-order valence-corrected chi connectivity index (χ0v) is 9.46. The highest BCUT2D eigenvalue weighted by Gasteiger charge is 2.20.